The SMILES string of the molecule is CC(=O)Nc1ccc(S(=O)(=O)N2CCC[C@H](C(=O)N(C)Cc3ccccc3)C2)cc1. The van der Waals surface area contributed by atoms with Gasteiger partial charge in [-0.1, -0.05) is 30.3 Å². The van der Waals surface area contributed by atoms with Crippen LogP contribution in [0.15, 0.2) is 59.5 Å². The van der Waals surface area contributed by atoms with E-state index in [-0.39, 0.29) is 29.2 Å². The van der Waals surface area contributed by atoms with Gasteiger partial charge in [0.2, 0.25) is 21.8 Å². The Morgan fingerprint density at radius 3 is 2.40 bits per heavy atom. The Labute approximate surface area is 177 Å². The molecule has 0 unspecified atom stereocenters. The lowest BCUT2D eigenvalue weighted by Crippen LogP contribution is -2.45. The summed E-state index contributed by atoms with van der Waals surface area (Å²) < 4.78 is 27.5. The molecule has 0 saturated carbocycles. The molecule has 0 bridgehead atoms. The predicted molar refractivity (Wildman–Crippen MR) is 115 cm³/mol. The van der Waals surface area contributed by atoms with E-state index in [1.54, 1.807) is 24.1 Å². The number of hydrogen-bond acceptors (Lipinski definition) is 4. The normalized spacial score (nSPS) is 17.3. The molecule has 2 aromatic rings. The highest BCUT2D eigenvalue weighted by Crippen LogP contribution is 2.26. The Balaban J connectivity index is 1.68. The molecule has 0 aliphatic carbocycles. The van der Waals surface area contributed by atoms with E-state index >= 15 is 0 Å². The van der Waals surface area contributed by atoms with E-state index in [2.05, 4.69) is 5.32 Å². The van der Waals surface area contributed by atoms with E-state index < -0.39 is 10.0 Å². The van der Waals surface area contributed by atoms with Crippen LogP contribution < -0.4 is 5.32 Å². The number of nitrogens with one attached hydrogen (secondary N) is 1. The molecule has 8 heteroatoms. The van der Waals surface area contributed by atoms with Crippen molar-refractivity contribution in [1.29, 1.82) is 0 Å². The summed E-state index contributed by atoms with van der Waals surface area (Å²) in [5.41, 5.74) is 1.57. The maximum Gasteiger partial charge on any atom is 0.243 e. The van der Waals surface area contributed by atoms with Crippen LogP contribution in [0.4, 0.5) is 5.69 Å². The van der Waals surface area contributed by atoms with Crippen molar-refractivity contribution < 1.29 is 18.0 Å². The van der Waals surface area contributed by atoms with Gasteiger partial charge in [0.25, 0.3) is 0 Å². The average Bonchev–Trinajstić information content (AvgIpc) is 2.74. The molecule has 2 aromatic carbocycles. The van der Waals surface area contributed by atoms with Crippen LogP contribution >= 0.6 is 0 Å². The molecule has 1 heterocycles. The molecule has 160 valence electrons. The topological polar surface area (TPSA) is 86.8 Å². The van der Waals surface area contributed by atoms with Crippen LogP contribution in [0.3, 0.4) is 0 Å². The molecule has 1 N–H and O–H groups in total. The summed E-state index contributed by atoms with van der Waals surface area (Å²) in [5, 5.41) is 2.62. The van der Waals surface area contributed by atoms with Gasteiger partial charge in [-0.15, -0.1) is 0 Å². The summed E-state index contributed by atoms with van der Waals surface area (Å²) in [6, 6.07) is 15.8. The summed E-state index contributed by atoms with van der Waals surface area (Å²) in [4.78, 5) is 25.9. The lowest BCUT2D eigenvalue weighted by Gasteiger charge is -2.33. The van der Waals surface area contributed by atoms with Crippen LogP contribution in [0, 0.1) is 5.92 Å². The molecule has 2 amide bonds. The molecule has 0 radical (unpaired) electrons. The third-order valence-electron chi connectivity index (χ3n) is 5.18. The number of sulfonamides is 1. The fourth-order valence-electron chi connectivity index (χ4n) is 3.67. The predicted octanol–water partition coefficient (Wildman–Crippen LogP) is 2.70. The second-order valence-corrected chi connectivity index (χ2v) is 9.53. The van der Waals surface area contributed by atoms with Crippen molar-refractivity contribution in [2.75, 3.05) is 25.5 Å². The number of rotatable bonds is 6. The molecule has 3 rings (SSSR count). The zero-order valence-electron chi connectivity index (χ0n) is 17.2. The smallest absolute Gasteiger partial charge is 0.243 e. The zero-order valence-corrected chi connectivity index (χ0v) is 18.1. The summed E-state index contributed by atoms with van der Waals surface area (Å²) >= 11 is 0. The second-order valence-electron chi connectivity index (χ2n) is 7.59. The van der Waals surface area contributed by atoms with E-state index in [9.17, 15) is 18.0 Å². The van der Waals surface area contributed by atoms with E-state index in [4.69, 9.17) is 0 Å². The van der Waals surface area contributed by atoms with Gasteiger partial charge in [-0.3, -0.25) is 9.59 Å². The minimum atomic E-state index is -3.71. The van der Waals surface area contributed by atoms with Gasteiger partial charge in [-0.2, -0.15) is 4.31 Å². The van der Waals surface area contributed by atoms with E-state index in [1.165, 1.54) is 23.4 Å². The summed E-state index contributed by atoms with van der Waals surface area (Å²) in [6.07, 6.45) is 1.31. The van der Waals surface area contributed by atoms with E-state index in [0.717, 1.165) is 5.56 Å². The standard InChI is InChI=1S/C22H27N3O4S/c1-17(26)23-20-10-12-21(13-11-20)30(28,29)25-14-6-9-19(16-25)22(27)24(2)15-18-7-4-3-5-8-18/h3-5,7-8,10-13,19H,6,9,14-16H2,1-2H3,(H,23,26)/t19-/m0/s1. The van der Waals surface area contributed by atoms with Gasteiger partial charge < -0.3 is 10.2 Å². The van der Waals surface area contributed by atoms with Crippen molar-refractivity contribution in [3.63, 3.8) is 0 Å². The van der Waals surface area contributed by atoms with Crippen LogP contribution in [0.5, 0.6) is 0 Å². The highest BCUT2D eigenvalue weighted by molar-refractivity contribution is 7.89. The Hall–Kier alpha value is -2.71. The quantitative estimate of drug-likeness (QED) is 0.765. The zero-order chi connectivity index (χ0) is 21.7. The Kier molecular flexibility index (Phi) is 6.89. The molecule has 1 atom stereocenters. The summed E-state index contributed by atoms with van der Waals surface area (Å²) in [7, 11) is -1.95. The van der Waals surface area contributed by atoms with Gasteiger partial charge in [-0.05, 0) is 42.7 Å². The third kappa shape index (κ3) is 5.25. The third-order valence-corrected chi connectivity index (χ3v) is 7.06. The number of hydrogen-bond donors (Lipinski definition) is 1. The van der Waals surface area contributed by atoms with Crippen LogP contribution in [0.25, 0.3) is 0 Å². The maximum atomic E-state index is 13.1. The monoisotopic (exact) mass is 429 g/mol. The van der Waals surface area contributed by atoms with Gasteiger partial charge in [0.05, 0.1) is 10.8 Å². The fourth-order valence-corrected chi connectivity index (χ4v) is 5.20. The number of piperidine rings is 1. The Morgan fingerprint density at radius 1 is 1.10 bits per heavy atom. The van der Waals surface area contributed by atoms with Crippen molar-refractivity contribution in [1.82, 2.24) is 9.21 Å². The number of amides is 2. The van der Waals surface area contributed by atoms with Crippen molar-refractivity contribution >= 4 is 27.5 Å². The maximum absolute atomic E-state index is 13.1. The number of carbonyl (C=O) groups is 2. The average molecular weight is 430 g/mol. The molecule has 1 aliphatic heterocycles. The first-order chi connectivity index (χ1) is 14.3. The number of anilines is 1. The van der Waals surface area contributed by atoms with Crippen LogP contribution in [-0.2, 0) is 26.2 Å². The van der Waals surface area contributed by atoms with Crippen LogP contribution in [0.2, 0.25) is 0 Å². The molecule has 0 aromatic heterocycles. The van der Waals surface area contributed by atoms with Crippen molar-refractivity contribution in [3.8, 4) is 0 Å². The largest absolute Gasteiger partial charge is 0.341 e. The first-order valence-electron chi connectivity index (χ1n) is 9.94. The van der Waals surface area contributed by atoms with Gasteiger partial charge in [0.15, 0.2) is 0 Å². The number of nitrogens with zero attached hydrogens (tertiary/aromatic N) is 2. The van der Waals surface area contributed by atoms with Gasteiger partial charge in [-0.25, -0.2) is 8.42 Å². The molecule has 30 heavy (non-hydrogen) atoms. The van der Waals surface area contributed by atoms with Crippen molar-refractivity contribution in [3.05, 3.63) is 60.2 Å². The van der Waals surface area contributed by atoms with Crippen molar-refractivity contribution in [2.45, 2.75) is 31.2 Å². The Bertz CT molecular complexity index is 991. The van der Waals surface area contributed by atoms with Crippen molar-refractivity contribution in [2.24, 2.45) is 5.92 Å². The molecular weight excluding hydrogens is 402 g/mol. The Morgan fingerprint density at radius 2 is 1.77 bits per heavy atom. The minimum absolute atomic E-state index is 0.0419. The fraction of sp³-hybridized carbons (Fsp3) is 0.364. The van der Waals surface area contributed by atoms with Crippen LogP contribution in [0.1, 0.15) is 25.3 Å². The van der Waals surface area contributed by atoms with Crippen LogP contribution in [-0.4, -0.2) is 49.6 Å². The highest BCUT2D eigenvalue weighted by Gasteiger charge is 2.34. The lowest BCUT2D eigenvalue weighted by molar-refractivity contribution is -0.135. The molecule has 1 saturated heterocycles. The second kappa shape index (κ2) is 9.40. The minimum Gasteiger partial charge on any atom is -0.341 e. The molecule has 7 nitrogen and oxygen atoms in total. The first-order valence-corrected chi connectivity index (χ1v) is 11.4. The van der Waals surface area contributed by atoms with Gasteiger partial charge >= 0.3 is 0 Å². The number of carbonyl (C=O) groups excluding carboxylic acids is 2. The summed E-state index contributed by atoms with van der Waals surface area (Å²) in [5.74, 6) is -0.622. The first kappa shape index (κ1) is 22.0. The van der Waals surface area contributed by atoms with E-state index in [0.29, 0.717) is 31.6 Å². The molecular formula is C22H27N3O4S. The highest BCUT2D eigenvalue weighted by atomic mass is 32.2. The van der Waals surface area contributed by atoms with E-state index in [1.807, 2.05) is 30.3 Å². The molecule has 1 aliphatic rings. The number of benzene rings is 2. The van der Waals surface area contributed by atoms with Gasteiger partial charge in [0, 0.05) is 39.3 Å². The summed E-state index contributed by atoms with van der Waals surface area (Å²) in [6.45, 7) is 2.45. The lowest BCUT2D eigenvalue weighted by atomic mass is 9.98. The molecule has 0 spiro atoms. The molecule has 1 fully saturated rings. The van der Waals surface area contributed by atoms with Gasteiger partial charge in [0.1, 0.15) is 0 Å².